The zero-order chi connectivity index (χ0) is 40.3. The van der Waals surface area contributed by atoms with E-state index < -0.39 is 52.3 Å². The van der Waals surface area contributed by atoms with Crippen molar-refractivity contribution in [1.82, 2.24) is 25.2 Å². The number of benzene rings is 2. The lowest BCUT2D eigenvalue weighted by Crippen LogP contribution is -2.56. The van der Waals surface area contributed by atoms with E-state index in [2.05, 4.69) is 41.1 Å². The molecule has 5 rings (SSSR count). The SMILES string of the molecule is CC(C)C.CCC(C)C(NC(=O)C1CCCN1C(=O)CNC(=O)OCC(C)(C)COc1cccc(-c2cc3ccccc3[nH]c2=O)c1)C(=O)NS(=O)C1CC1. The number of amides is 4. The van der Waals surface area contributed by atoms with Crippen LogP contribution in [0, 0.1) is 17.3 Å². The quantitative estimate of drug-likeness (QED) is 0.157. The highest BCUT2D eigenvalue weighted by Gasteiger charge is 2.38. The monoisotopic (exact) mass is 779 g/mol. The lowest BCUT2D eigenvalue weighted by atomic mass is 9.96. The molecule has 2 aliphatic rings. The minimum Gasteiger partial charge on any atom is -0.493 e. The predicted octanol–water partition coefficient (Wildman–Crippen LogP) is 5.45. The third-order valence-electron chi connectivity index (χ3n) is 9.20. The third-order valence-corrected chi connectivity index (χ3v) is 10.7. The van der Waals surface area contributed by atoms with Gasteiger partial charge in [-0.05, 0) is 72.7 Å². The van der Waals surface area contributed by atoms with Gasteiger partial charge in [-0.2, -0.15) is 0 Å². The number of alkyl carbamates (subject to hydrolysis) is 1. The first-order chi connectivity index (χ1) is 26.1. The van der Waals surface area contributed by atoms with Crippen LogP contribution in [0.25, 0.3) is 22.0 Å². The van der Waals surface area contributed by atoms with E-state index in [-0.39, 0.29) is 36.5 Å². The van der Waals surface area contributed by atoms with E-state index in [0.29, 0.717) is 42.7 Å². The van der Waals surface area contributed by atoms with Crippen molar-refractivity contribution in [2.45, 2.75) is 97.9 Å². The Labute approximate surface area is 326 Å². The maximum absolute atomic E-state index is 13.3. The molecule has 55 heavy (non-hydrogen) atoms. The summed E-state index contributed by atoms with van der Waals surface area (Å²) in [4.78, 5) is 68.9. The van der Waals surface area contributed by atoms with Crippen LogP contribution in [0.2, 0.25) is 0 Å². The second-order valence-corrected chi connectivity index (χ2v) is 17.3. The van der Waals surface area contributed by atoms with Crippen LogP contribution in [0.3, 0.4) is 0 Å². The Morgan fingerprint density at radius 3 is 2.38 bits per heavy atom. The van der Waals surface area contributed by atoms with Crippen LogP contribution in [0.1, 0.15) is 80.6 Å². The van der Waals surface area contributed by atoms with Gasteiger partial charge in [-0.3, -0.25) is 23.9 Å². The van der Waals surface area contributed by atoms with Crippen LogP contribution >= 0.6 is 0 Å². The number of carbonyl (C=O) groups excluding carboxylic acids is 4. The Morgan fingerprint density at radius 1 is 0.982 bits per heavy atom. The van der Waals surface area contributed by atoms with Crippen LogP contribution in [-0.4, -0.2) is 81.5 Å². The van der Waals surface area contributed by atoms with Gasteiger partial charge in [0.15, 0.2) is 0 Å². The maximum atomic E-state index is 13.3. The summed E-state index contributed by atoms with van der Waals surface area (Å²) in [5.74, 6) is -0.235. The molecule has 4 unspecified atom stereocenters. The van der Waals surface area contributed by atoms with Gasteiger partial charge in [0.05, 0.1) is 11.9 Å². The fraction of sp³-hybridized carbons (Fsp3) is 0.537. The predicted molar refractivity (Wildman–Crippen MR) is 215 cm³/mol. The minimum absolute atomic E-state index is 0.00357. The fourth-order valence-corrected chi connectivity index (χ4v) is 6.87. The van der Waals surface area contributed by atoms with E-state index in [4.69, 9.17) is 9.47 Å². The van der Waals surface area contributed by atoms with Crippen molar-refractivity contribution < 1.29 is 32.9 Å². The van der Waals surface area contributed by atoms with E-state index in [9.17, 15) is 28.2 Å². The summed E-state index contributed by atoms with van der Waals surface area (Å²) in [6.45, 7) is 14.1. The summed E-state index contributed by atoms with van der Waals surface area (Å²) in [5.41, 5.74) is 1.19. The molecule has 4 N–H and O–H groups in total. The number of likely N-dealkylation sites (tertiary alicyclic amines) is 1. The number of carbonyl (C=O) groups is 4. The number of ether oxygens (including phenoxy) is 2. The minimum atomic E-state index is -1.48. The number of para-hydroxylation sites is 1. The Kier molecular flexibility index (Phi) is 15.4. The van der Waals surface area contributed by atoms with Crippen molar-refractivity contribution in [2.24, 2.45) is 17.3 Å². The first-order valence-corrected chi connectivity index (χ1v) is 20.4. The Hall–Kier alpha value is -4.72. The highest BCUT2D eigenvalue weighted by Crippen LogP contribution is 2.27. The molecule has 300 valence electrons. The Morgan fingerprint density at radius 2 is 1.69 bits per heavy atom. The number of hydrogen-bond acceptors (Lipinski definition) is 8. The molecule has 3 aromatic rings. The number of hydrogen-bond donors (Lipinski definition) is 4. The van der Waals surface area contributed by atoms with E-state index >= 15 is 0 Å². The molecule has 2 aromatic carbocycles. The number of nitrogens with zero attached hydrogens (tertiary/aromatic N) is 1. The third kappa shape index (κ3) is 12.9. The summed E-state index contributed by atoms with van der Waals surface area (Å²) in [6, 6.07) is 14.9. The highest BCUT2D eigenvalue weighted by atomic mass is 32.2. The van der Waals surface area contributed by atoms with Crippen LogP contribution in [-0.2, 0) is 30.1 Å². The van der Waals surface area contributed by atoms with Crippen molar-refractivity contribution >= 4 is 45.7 Å². The van der Waals surface area contributed by atoms with E-state index in [1.807, 2.05) is 70.2 Å². The fourth-order valence-electron chi connectivity index (χ4n) is 5.81. The van der Waals surface area contributed by atoms with Crippen LogP contribution in [0.15, 0.2) is 59.4 Å². The molecule has 1 saturated carbocycles. The van der Waals surface area contributed by atoms with E-state index in [0.717, 1.165) is 29.7 Å². The first kappa shape index (κ1) is 43.0. The lowest BCUT2D eigenvalue weighted by Gasteiger charge is -2.28. The maximum Gasteiger partial charge on any atom is 0.407 e. The molecule has 0 spiro atoms. The molecule has 1 aliphatic heterocycles. The number of nitrogens with one attached hydrogen (secondary N) is 4. The van der Waals surface area contributed by atoms with Crippen molar-refractivity contribution in [1.29, 1.82) is 0 Å². The van der Waals surface area contributed by atoms with Gasteiger partial charge < -0.3 is 30.0 Å². The number of pyridine rings is 1. The first-order valence-electron chi connectivity index (χ1n) is 19.1. The van der Waals surface area contributed by atoms with E-state index in [1.54, 1.807) is 12.1 Å². The van der Waals surface area contributed by atoms with Gasteiger partial charge >= 0.3 is 6.09 Å². The second kappa shape index (κ2) is 19.7. The highest BCUT2D eigenvalue weighted by molar-refractivity contribution is 7.84. The van der Waals surface area contributed by atoms with Crippen LogP contribution < -0.4 is 25.7 Å². The van der Waals surface area contributed by atoms with Gasteiger partial charge in [0.2, 0.25) is 11.8 Å². The molecular weight excluding hydrogens is 723 g/mol. The molecular formula is C41H57N5O8S. The van der Waals surface area contributed by atoms with Gasteiger partial charge in [-0.15, -0.1) is 0 Å². The van der Waals surface area contributed by atoms with Gasteiger partial charge in [0, 0.05) is 23.0 Å². The molecule has 14 heteroatoms. The normalized spacial score (nSPS) is 17.0. The average molecular weight is 780 g/mol. The number of H-pyrrole nitrogens is 1. The summed E-state index contributed by atoms with van der Waals surface area (Å²) in [7, 11) is -1.48. The number of fused-ring (bicyclic) bond motifs is 1. The summed E-state index contributed by atoms with van der Waals surface area (Å²) < 4.78 is 26.2. The largest absolute Gasteiger partial charge is 0.493 e. The van der Waals surface area contributed by atoms with Crippen LogP contribution in [0.4, 0.5) is 4.79 Å². The molecule has 1 saturated heterocycles. The lowest BCUT2D eigenvalue weighted by molar-refractivity contribution is -0.139. The van der Waals surface area contributed by atoms with Crippen molar-refractivity contribution in [3.8, 4) is 16.9 Å². The Balaban J connectivity index is 0.00000160. The number of aromatic nitrogens is 1. The second-order valence-electron chi connectivity index (χ2n) is 15.8. The molecule has 4 amide bonds. The molecule has 2 fully saturated rings. The molecule has 2 heterocycles. The summed E-state index contributed by atoms with van der Waals surface area (Å²) in [6.07, 6.45) is 2.43. The molecule has 0 radical (unpaired) electrons. The van der Waals surface area contributed by atoms with Crippen molar-refractivity contribution in [2.75, 3.05) is 26.3 Å². The topological polar surface area (TPSA) is 176 Å². The molecule has 4 atom stereocenters. The molecule has 0 bridgehead atoms. The van der Waals surface area contributed by atoms with Crippen LogP contribution in [0.5, 0.6) is 5.75 Å². The summed E-state index contributed by atoms with van der Waals surface area (Å²) >= 11 is 0. The smallest absolute Gasteiger partial charge is 0.407 e. The van der Waals surface area contributed by atoms with Gasteiger partial charge in [-0.1, -0.05) is 85.2 Å². The standard InChI is InChI=1S/C37H47N5O8S.C4H10/c1-5-23(2)32(35(46)41-51(48)27-15-16-27)40-34(45)30-14-9-17-42(30)31(43)20-38-36(47)50-22-37(3,4)21-49-26-12-8-11-24(18-26)28-19-25-10-6-7-13-29(25)39-33(28)44;1-4(2)3/h6-8,10-13,18-19,23,27,30,32H,5,9,14-17,20-22H2,1-4H3,(H,38,47)(H,39,44)(H,40,45)(H,41,46);4H,1-3H3. The van der Waals surface area contributed by atoms with Crippen molar-refractivity contribution in [3.05, 3.63) is 65.0 Å². The molecule has 1 aliphatic carbocycles. The molecule has 1 aromatic heterocycles. The number of aromatic amines is 1. The summed E-state index contributed by atoms with van der Waals surface area (Å²) in [5, 5.41) is 6.14. The molecule has 13 nitrogen and oxygen atoms in total. The van der Waals surface area contributed by atoms with E-state index in [1.165, 1.54) is 4.90 Å². The van der Waals surface area contributed by atoms with Gasteiger partial charge in [0.1, 0.15) is 42.0 Å². The van der Waals surface area contributed by atoms with Crippen molar-refractivity contribution in [3.63, 3.8) is 0 Å². The zero-order valence-corrected chi connectivity index (χ0v) is 33.9. The van der Waals surface area contributed by atoms with Gasteiger partial charge in [-0.25, -0.2) is 9.00 Å². The zero-order valence-electron chi connectivity index (χ0n) is 33.1. The Bertz CT molecular complexity index is 1890. The van der Waals surface area contributed by atoms with Gasteiger partial charge in [0.25, 0.3) is 11.5 Å². The number of rotatable bonds is 15. The average Bonchev–Trinajstić information content (AvgIpc) is 3.89.